The number of carbonyl (C=O) groups excluding carboxylic acids is 5. The molecule has 2 fully saturated rings. The van der Waals surface area contributed by atoms with Gasteiger partial charge in [0, 0.05) is 19.0 Å². The van der Waals surface area contributed by atoms with Crippen molar-refractivity contribution in [3.63, 3.8) is 0 Å². The third-order valence-corrected chi connectivity index (χ3v) is 6.47. The average molecular weight is 641 g/mol. The molecule has 0 spiro atoms. The summed E-state index contributed by atoms with van der Waals surface area (Å²) in [5.74, 6) is -0.652. The molecule has 1 atom stereocenters. The van der Waals surface area contributed by atoms with Crippen LogP contribution in [0, 0.1) is 17.3 Å². The summed E-state index contributed by atoms with van der Waals surface area (Å²) in [4.78, 5) is 58.2. The minimum atomic E-state index is -0.655. The largest absolute Gasteiger partial charge is 0.347 e. The molecule has 2 aliphatic rings. The van der Waals surface area contributed by atoms with Crippen LogP contribution in [0.2, 0.25) is 0 Å². The van der Waals surface area contributed by atoms with Gasteiger partial charge < -0.3 is 21.3 Å². The second-order valence-corrected chi connectivity index (χ2v) is 13.5. The summed E-state index contributed by atoms with van der Waals surface area (Å²) in [6.07, 6.45) is 13.0. The molecule has 9 heteroatoms. The van der Waals surface area contributed by atoms with Crippen LogP contribution in [-0.4, -0.2) is 55.1 Å². The Balaban J connectivity index is -0.000000762. The van der Waals surface area contributed by atoms with Gasteiger partial charge in [0.05, 0.1) is 12.6 Å². The summed E-state index contributed by atoms with van der Waals surface area (Å²) in [5.41, 5.74) is 0.500. The highest BCUT2D eigenvalue weighted by molar-refractivity contribution is 6.38. The van der Waals surface area contributed by atoms with Gasteiger partial charge in [-0.25, -0.2) is 4.79 Å². The van der Waals surface area contributed by atoms with E-state index in [1.807, 2.05) is 13.8 Å². The first-order valence-corrected chi connectivity index (χ1v) is 17.7. The molecule has 4 amide bonds. The maximum absolute atomic E-state index is 12.8. The van der Waals surface area contributed by atoms with E-state index in [0.29, 0.717) is 17.8 Å². The van der Waals surface area contributed by atoms with Crippen molar-refractivity contribution in [1.82, 2.24) is 21.3 Å². The Morgan fingerprint density at radius 2 is 1.29 bits per heavy atom. The molecule has 1 unspecified atom stereocenters. The Bertz CT molecular complexity index is 788. The highest BCUT2D eigenvalue weighted by Gasteiger charge is 2.35. The molecule has 2 saturated carbocycles. The normalized spacial score (nSPS) is 14.1. The van der Waals surface area contributed by atoms with E-state index in [1.54, 1.807) is 0 Å². The van der Waals surface area contributed by atoms with Crippen molar-refractivity contribution in [2.75, 3.05) is 13.6 Å². The van der Waals surface area contributed by atoms with Crippen LogP contribution in [-0.2, 0) is 19.2 Å². The summed E-state index contributed by atoms with van der Waals surface area (Å²) >= 11 is 0. The zero-order valence-corrected chi connectivity index (χ0v) is 31.3. The molecule has 0 aromatic carbocycles. The molecule has 0 bridgehead atoms. The molecular formula is C36H72N4O5. The lowest BCUT2D eigenvalue weighted by Crippen LogP contribution is -2.50. The molecule has 9 nitrogen and oxygen atoms in total. The Kier molecular flexibility index (Phi) is 30.2. The quantitative estimate of drug-likeness (QED) is 0.138. The summed E-state index contributed by atoms with van der Waals surface area (Å²) < 4.78 is 0. The Hall–Kier alpha value is -2.45. The lowest BCUT2D eigenvalue weighted by Gasteiger charge is -2.30. The number of unbranched alkanes of at least 4 members (excludes halogenated alkanes) is 2. The summed E-state index contributed by atoms with van der Waals surface area (Å²) in [6.45, 7) is 22.8. The molecule has 0 radical (unpaired) electrons. The second-order valence-electron chi connectivity index (χ2n) is 13.5. The van der Waals surface area contributed by atoms with Gasteiger partial charge in [-0.05, 0) is 50.4 Å². The van der Waals surface area contributed by atoms with E-state index in [9.17, 15) is 24.0 Å². The van der Waals surface area contributed by atoms with Gasteiger partial charge in [-0.3, -0.25) is 19.2 Å². The van der Waals surface area contributed by atoms with E-state index in [4.69, 9.17) is 0 Å². The van der Waals surface area contributed by atoms with E-state index in [-0.39, 0.29) is 36.2 Å². The number of Topliss-reactive ketones (excluding diaryl/α,β-unsaturated/α-hetero) is 2. The first-order valence-electron chi connectivity index (χ1n) is 17.7. The van der Waals surface area contributed by atoms with Gasteiger partial charge in [0.2, 0.25) is 11.7 Å². The van der Waals surface area contributed by atoms with Gasteiger partial charge in [-0.15, -0.1) is 0 Å². The molecular weight excluding hydrogens is 568 g/mol. The van der Waals surface area contributed by atoms with Crippen molar-refractivity contribution in [2.45, 2.75) is 172 Å². The molecule has 4 N–H and O–H groups in total. The van der Waals surface area contributed by atoms with Crippen LogP contribution >= 0.6 is 0 Å². The predicted molar refractivity (Wildman–Crippen MR) is 188 cm³/mol. The number of amides is 4. The summed E-state index contributed by atoms with van der Waals surface area (Å²) in [6, 6.07) is -0.823. The first-order chi connectivity index (χ1) is 21.1. The lowest BCUT2D eigenvalue weighted by atomic mass is 9.80. The van der Waals surface area contributed by atoms with Crippen LogP contribution in [0.1, 0.15) is 160 Å². The minimum Gasteiger partial charge on any atom is -0.347 e. The number of carbonyl (C=O) groups is 5. The highest BCUT2D eigenvalue weighted by Crippen LogP contribution is 2.31. The van der Waals surface area contributed by atoms with Crippen LogP contribution in [0.25, 0.3) is 0 Å². The highest BCUT2D eigenvalue weighted by atomic mass is 16.2. The first kappa shape index (κ1) is 47.0. The SMILES string of the molecule is CC.CC(C)(C)C.CCC.CCCCC(CCCC)C(=O)NC(CC1CCC1)C(=O)C(=O)NC1CC1.CNC(=O)NCC(C)=O. The van der Waals surface area contributed by atoms with E-state index in [0.717, 1.165) is 64.2 Å². The van der Waals surface area contributed by atoms with Crippen LogP contribution in [0.15, 0.2) is 0 Å². The fourth-order valence-corrected chi connectivity index (χ4v) is 3.83. The van der Waals surface area contributed by atoms with Crippen LogP contribution < -0.4 is 21.3 Å². The van der Waals surface area contributed by atoms with E-state index in [2.05, 4.69) is 76.7 Å². The van der Waals surface area contributed by atoms with Crippen LogP contribution in [0.3, 0.4) is 0 Å². The zero-order valence-electron chi connectivity index (χ0n) is 31.3. The number of hydrogen-bond donors (Lipinski definition) is 4. The van der Waals surface area contributed by atoms with Crippen LogP contribution in [0.4, 0.5) is 4.79 Å². The van der Waals surface area contributed by atoms with Crippen molar-refractivity contribution in [2.24, 2.45) is 17.3 Å². The predicted octanol–water partition coefficient (Wildman–Crippen LogP) is 7.51. The van der Waals surface area contributed by atoms with Crippen molar-refractivity contribution >= 4 is 29.4 Å². The zero-order chi connectivity index (χ0) is 35.4. The third kappa shape index (κ3) is 31.3. The molecule has 2 rings (SSSR count). The number of nitrogens with one attached hydrogen (secondary N) is 4. The van der Waals surface area contributed by atoms with Gasteiger partial charge in [-0.1, -0.05) is 121 Å². The van der Waals surface area contributed by atoms with E-state index in [1.165, 1.54) is 26.8 Å². The van der Waals surface area contributed by atoms with Crippen molar-refractivity contribution in [1.29, 1.82) is 0 Å². The molecule has 2 aliphatic carbocycles. The van der Waals surface area contributed by atoms with Crippen molar-refractivity contribution < 1.29 is 24.0 Å². The van der Waals surface area contributed by atoms with Crippen molar-refractivity contribution in [3.05, 3.63) is 0 Å². The fraction of sp³-hybridized carbons (Fsp3) is 0.861. The fourth-order valence-electron chi connectivity index (χ4n) is 3.83. The standard InChI is InChI=1S/C21H36N2O3.C5H10N2O2.C5H12.C3H8.C2H6/c1-3-5-10-16(11-6-4-2)20(25)23-18(14-15-8-7-9-15)19(24)21(26)22-17-12-13-17;1-4(8)3-7-5(9)6-2;1-5(2,3)4;1-3-2;1-2/h15-18H,3-14H2,1-2H3,(H,22,26)(H,23,25);3H2,1-2H3,(H2,6,7,9);1-4H3;3H2,1-2H3;1-2H3. The van der Waals surface area contributed by atoms with Crippen LogP contribution in [0.5, 0.6) is 0 Å². The maximum Gasteiger partial charge on any atom is 0.314 e. The summed E-state index contributed by atoms with van der Waals surface area (Å²) in [7, 11) is 1.50. The molecule has 0 aromatic heterocycles. The second kappa shape index (κ2) is 29.0. The maximum atomic E-state index is 12.8. The lowest BCUT2D eigenvalue weighted by molar-refractivity contribution is -0.141. The Morgan fingerprint density at radius 1 is 0.822 bits per heavy atom. The number of rotatable bonds is 15. The minimum absolute atomic E-state index is 0.0382. The molecule has 0 heterocycles. The average Bonchev–Trinajstić information content (AvgIpc) is 3.77. The van der Waals surface area contributed by atoms with E-state index < -0.39 is 17.7 Å². The smallest absolute Gasteiger partial charge is 0.314 e. The number of urea groups is 1. The van der Waals surface area contributed by atoms with Gasteiger partial charge in [0.15, 0.2) is 0 Å². The Morgan fingerprint density at radius 3 is 1.62 bits per heavy atom. The number of ketones is 2. The van der Waals surface area contributed by atoms with Gasteiger partial charge in [0.1, 0.15) is 5.78 Å². The van der Waals surface area contributed by atoms with Gasteiger partial charge in [-0.2, -0.15) is 0 Å². The number of hydrogen-bond acceptors (Lipinski definition) is 5. The molecule has 266 valence electrons. The molecule has 0 saturated heterocycles. The van der Waals surface area contributed by atoms with Gasteiger partial charge >= 0.3 is 6.03 Å². The van der Waals surface area contributed by atoms with E-state index >= 15 is 0 Å². The monoisotopic (exact) mass is 641 g/mol. The molecule has 0 aliphatic heterocycles. The Labute approximate surface area is 277 Å². The third-order valence-electron chi connectivity index (χ3n) is 6.47. The summed E-state index contributed by atoms with van der Waals surface area (Å²) in [5, 5.41) is 10.4. The van der Waals surface area contributed by atoms with Gasteiger partial charge in [0.25, 0.3) is 5.91 Å². The van der Waals surface area contributed by atoms with Crippen molar-refractivity contribution in [3.8, 4) is 0 Å². The molecule has 0 aromatic rings. The molecule has 45 heavy (non-hydrogen) atoms. The topological polar surface area (TPSA) is 133 Å².